The van der Waals surface area contributed by atoms with Crippen LogP contribution >= 0.6 is 0 Å². The summed E-state index contributed by atoms with van der Waals surface area (Å²) in [5, 5.41) is 3.12. The van der Waals surface area contributed by atoms with Crippen LogP contribution in [0.2, 0.25) is 0 Å². The zero-order valence-corrected chi connectivity index (χ0v) is 7.09. The molecule has 0 aliphatic carbocycles. The topological polar surface area (TPSA) is 38.3 Å². The van der Waals surface area contributed by atoms with Gasteiger partial charge in [-0.25, -0.2) is 0 Å². The third kappa shape index (κ3) is 1.93. The lowest BCUT2D eigenvalue weighted by atomic mass is 10.0. The smallest absolute Gasteiger partial charge is 0.323 e. The van der Waals surface area contributed by atoms with E-state index in [0.29, 0.717) is 12.5 Å². The molecular formula is C8H15NO2. The van der Waals surface area contributed by atoms with E-state index in [1.54, 1.807) is 0 Å². The molecule has 3 nitrogen and oxygen atoms in total. The number of rotatable bonds is 2. The van der Waals surface area contributed by atoms with E-state index < -0.39 is 0 Å². The van der Waals surface area contributed by atoms with Crippen LogP contribution in [0, 0.1) is 5.92 Å². The molecule has 0 radical (unpaired) electrons. The summed E-state index contributed by atoms with van der Waals surface area (Å²) in [5.74, 6) is 0.326. The van der Waals surface area contributed by atoms with Crippen LogP contribution in [-0.2, 0) is 9.53 Å². The first kappa shape index (κ1) is 8.53. The van der Waals surface area contributed by atoms with Gasteiger partial charge in [-0.1, -0.05) is 6.92 Å². The van der Waals surface area contributed by atoms with Crippen LogP contribution < -0.4 is 5.32 Å². The Bertz CT molecular complexity index is 147. The standard InChI is InChI=1S/C8H15NO2/c1-3-11-8(10)7-6(2)4-5-9-7/h6-7,9H,3-5H2,1-2H3/t6-,7-/m0/s1. The Morgan fingerprint density at radius 3 is 2.91 bits per heavy atom. The van der Waals surface area contributed by atoms with Crippen molar-refractivity contribution < 1.29 is 9.53 Å². The predicted octanol–water partition coefficient (Wildman–Crippen LogP) is 0.547. The normalized spacial score (nSPS) is 30.4. The highest BCUT2D eigenvalue weighted by Gasteiger charge is 2.29. The maximum absolute atomic E-state index is 11.2. The quantitative estimate of drug-likeness (QED) is 0.595. The molecule has 0 saturated carbocycles. The highest BCUT2D eigenvalue weighted by Crippen LogP contribution is 2.15. The summed E-state index contributed by atoms with van der Waals surface area (Å²) in [7, 11) is 0. The highest BCUT2D eigenvalue weighted by molar-refractivity contribution is 5.76. The molecule has 0 spiro atoms. The number of ether oxygens (including phenoxy) is 1. The minimum atomic E-state index is -0.0995. The zero-order valence-electron chi connectivity index (χ0n) is 7.09. The van der Waals surface area contributed by atoms with Gasteiger partial charge in [-0.2, -0.15) is 0 Å². The molecule has 0 unspecified atom stereocenters. The number of hydrogen-bond acceptors (Lipinski definition) is 3. The van der Waals surface area contributed by atoms with Crippen molar-refractivity contribution in [2.75, 3.05) is 13.2 Å². The SMILES string of the molecule is CCOC(=O)[C@H]1NCC[C@@H]1C. The maximum Gasteiger partial charge on any atom is 0.323 e. The van der Waals surface area contributed by atoms with Gasteiger partial charge in [0.2, 0.25) is 0 Å². The lowest BCUT2D eigenvalue weighted by Gasteiger charge is -2.12. The summed E-state index contributed by atoms with van der Waals surface area (Å²) in [6, 6.07) is -0.0602. The molecule has 1 aliphatic heterocycles. The van der Waals surface area contributed by atoms with Crippen LogP contribution in [0.15, 0.2) is 0 Å². The summed E-state index contributed by atoms with van der Waals surface area (Å²) in [6.07, 6.45) is 1.07. The van der Waals surface area contributed by atoms with Crippen molar-refractivity contribution in [3.8, 4) is 0 Å². The molecule has 0 aromatic heterocycles. The van der Waals surface area contributed by atoms with Crippen molar-refractivity contribution >= 4 is 5.97 Å². The molecule has 1 rings (SSSR count). The van der Waals surface area contributed by atoms with E-state index in [9.17, 15) is 4.79 Å². The van der Waals surface area contributed by atoms with Gasteiger partial charge in [0.1, 0.15) is 6.04 Å². The second-order valence-corrected chi connectivity index (χ2v) is 2.95. The van der Waals surface area contributed by atoms with Gasteiger partial charge in [-0.05, 0) is 25.8 Å². The fourth-order valence-corrected chi connectivity index (χ4v) is 1.38. The number of carbonyl (C=O) groups excluding carboxylic acids is 1. The lowest BCUT2D eigenvalue weighted by Crippen LogP contribution is -2.36. The molecule has 1 N–H and O–H groups in total. The van der Waals surface area contributed by atoms with E-state index in [-0.39, 0.29) is 12.0 Å². The zero-order chi connectivity index (χ0) is 8.27. The van der Waals surface area contributed by atoms with Gasteiger partial charge in [-0.15, -0.1) is 0 Å². The number of carbonyl (C=O) groups is 1. The summed E-state index contributed by atoms with van der Waals surface area (Å²) in [4.78, 5) is 11.2. The van der Waals surface area contributed by atoms with E-state index in [1.165, 1.54) is 0 Å². The minimum Gasteiger partial charge on any atom is -0.465 e. The molecule has 0 amide bonds. The van der Waals surface area contributed by atoms with Crippen LogP contribution in [0.25, 0.3) is 0 Å². The Labute approximate surface area is 67.1 Å². The molecule has 0 bridgehead atoms. The van der Waals surface area contributed by atoms with Crippen LogP contribution in [-0.4, -0.2) is 25.2 Å². The van der Waals surface area contributed by atoms with Gasteiger partial charge in [-0.3, -0.25) is 4.79 Å². The number of hydrogen-bond donors (Lipinski definition) is 1. The van der Waals surface area contributed by atoms with Crippen LogP contribution in [0.1, 0.15) is 20.3 Å². The molecule has 2 atom stereocenters. The van der Waals surface area contributed by atoms with Gasteiger partial charge < -0.3 is 10.1 Å². The van der Waals surface area contributed by atoms with Crippen molar-refractivity contribution in [1.29, 1.82) is 0 Å². The molecule has 0 aromatic carbocycles. The van der Waals surface area contributed by atoms with E-state index in [2.05, 4.69) is 12.2 Å². The number of esters is 1. The van der Waals surface area contributed by atoms with Gasteiger partial charge in [0, 0.05) is 0 Å². The summed E-state index contributed by atoms with van der Waals surface area (Å²) in [5.41, 5.74) is 0. The fourth-order valence-electron chi connectivity index (χ4n) is 1.38. The third-order valence-corrected chi connectivity index (χ3v) is 2.07. The molecule has 1 heterocycles. The van der Waals surface area contributed by atoms with E-state index >= 15 is 0 Å². The Balaban J connectivity index is 2.39. The number of nitrogens with one attached hydrogen (secondary N) is 1. The average molecular weight is 157 g/mol. The van der Waals surface area contributed by atoms with Crippen molar-refractivity contribution in [2.24, 2.45) is 5.92 Å². The monoisotopic (exact) mass is 157 g/mol. The first-order valence-electron chi connectivity index (χ1n) is 4.15. The van der Waals surface area contributed by atoms with Crippen LogP contribution in [0.3, 0.4) is 0 Å². The van der Waals surface area contributed by atoms with Crippen LogP contribution in [0.5, 0.6) is 0 Å². The Hall–Kier alpha value is -0.570. The molecule has 1 fully saturated rings. The predicted molar refractivity (Wildman–Crippen MR) is 42.2 cm³/mol. The van der Waals surface area contributed by atoms with E-state index in [1.807, 2.05) is 6.92 Å². The molecule has 1 aliphatic rings. The molecular weight excluding hydrogens is 142 g/mol. The Morgan fingerprint density at radius 2 is 2.45 bits per heavy atom. The molecule has 3 heteroatoms. The first-order valence-corrected chi connectivity index (χ1v) is 4.15. The summed E-state index contributed by atoms with van der Waals surface area (Å²) < 4.78 is 4.89. The summed E-state index contributed by atoms with van der Waals surface area (Å²) >= 11 is 0. The average Bonchev–Trinajstić information content (AvgIpc) is 2.36. The molecule has 11 heavy (non-hydrogen) atoms. The Kier molecular flexibility index (Phi) is 2.88. The first-order chi connectivity index (χ1) is 5.25. The van der Waals surface area contributed by atoms with Crippen molar-refractivity contribution in [3.63, 3.8) is 0 Å². The van der Waals surface area contributed by atoms with Crippen molar-refractivity contribution in [2.45, 2.75) is 26.3 Å². The fraction of sp³-hybridized carbons (Fsp3) is 0.875. The Morgan fingerprint density at radius 1 is 1.73 bits per heavy atom. The van der Waals surface area contributed by atoms with Crippen molar-refractivity contribution in [1.82, 2.24) is 5.32 Å². The van der Waals surface area contributed by atoms with E-state index in [0.717, 1.165) is 13.0 Å². The third-order valence-electron chi connectivity index (χ3n) is 2.07. The highest BCUT2D eigenvalue weighted by atomic mass is 16.5. The largest absolute Gasteiger partial charge is 0.465 e. The van der Waals surface area contributed by atoms with Gasteiger partial charge in [0.25, 0.3) is 0 Å². The maximum atomic E-state index is 11.2. The van der Waals surface area contributed by atoms with Crippen LogP contribution in [0.4, 0.5) is 0 Å². The minimum absolute atomic E-state index is 0.0602. The van der Waals surface area contributed by atoms with Gasteiger partial charge >= 0.3 is 5.97 Å². The lowest BCUT2D eigenvalue weighted by molar-refractivity contribution is -0.146. The molecule has 1 saturated heterocycles. The van der Waals surface area contributed by atoms with E-state index in [4.69, 9.17) is 4.74 Å². The van der Waals surface area contributed by atoms with Gasteiger partial charge in [0.05, 0.1) is 6.61 Å². The van der Waals surface area contributed by atoms with Gasteiger partial charge in [0.15, 0.2) is 0 Å². The second-order valence-electron chi connectivity index (χ2n) is 2.95. The molecule has 64 valence electrons. The molecule has 0 aromatic rings. The summed E-state index contributed by atoms with van der Waals surface area (Å²) in [6.45, 7) is 5.31. The second kappa shape index (κ2) is 3.72. The van der Waals surface area contributed by atoms with Crippen molar-refractivity contribution in [3.05, 3.63) is 0 Å².